The summed E-state index contributed by atoms with van der Waals surface area (Å²) in [4.78, 5) is 15.8. The molecule has 3 aromatic rings. The summed E-state index contributed by atoms with van der Waals surface area (Å²) in [5.74, 6) is 0.534. The highest BCUT2D eigenvalue weighted by Gasteiger charge is 2.28. The van der Waals surface area contributed by atoms with Crippen molar-refractivity contribution in [3.05, 3.63) is 93.5 Å². The van der Waals surface area contributed by atoms with Crippen LogP contribution in [0.4, 0.5) is 0 Å². The molecule has 212 valence electrons. The molecule has 2 heterocycles. The molecule has 2 atom stereocenters. The number of fused-ring (bicyclic) bond motifs is 1. The van der Waals surface area contributed by atoms with E-state index in [9.17, 15) is 13.2 Å². The van der Waals surface area contributed by atoms with E-state index >= 15 is 0 Å². The first-order chi connectivity index (χ1) is 19.3. The number of carbonyl (C=O) groups excluding carboxylic acids is 1. The molecule has 1 unspecified atom stereocenters. The van der Waals surface area contributed by atoms with Gasteiger partial charge in [0.1, 0.15) is 5.75 Å². The number of rotatable bonds is 9. The van der Waals surface area contributed by atoms with Crippen LogP contribution in [0, 0.1) is 0 Å². The quantitative estimate of drug-likeness (QED) is 0.313. The van der Waals surface area contributed by atoms with Gasteiger partial charge in [-0.25, -0.2) is 13.1 Å². The van der Waals surface area contributed by atoms with Crippen molar-refractivity contribution in [1.29, 1.82) is 0 Å². The van der Waals surface area contributed by atoms with E-state index < -0.39 is 16.1 Å². The van der Waals surface area contributed by atoms with Crippen molar-refractivity contribution in [2.45, 2.75) is 55.6 Å². The second-order valence-electron chi connectivity index (χ2n) is 10.3. The van der Waals surface area contributed by atoms with Crippen LogP contribution >= 0.6 is 23.2 Å². The Morgan fingerprint density at radius 3 is 2.50 bits per heavy atom. The van der Waals surface area contributed by atoms with Crippen molar-refractivity contribution < 1.29 is 17.9 Å². The second kappa shape index (κ2) is 12.9. The number of sulfonamides is 1. The fourth-order valence-corrected chi connectivity index (χ4v) is 6.92. The lowest BCUT2D eigenvalue weighted by atomic mass is 9.97. The maximum Gasteiger partial charge on any atom is 0.241 e. The predicted molar refractivity (Wildman–Crippen MR) is 157 cm³/mol. The van der Waals surface area contributed by atoms with E-state index in [1.54, 1.807) is 12.1 Å². The van der Waals surface area contributed by atoms with Crippen LogP contribution in [0.1, 0.15) is 60.9 Å². The summed E-state index contributed by atoms with van der Waals surface area (Å²) < 4.78 is 35.1. The Labute approximate surface area is 245 Å². The minimum Gasteiger partial charge on any atom is -0.493 e. The number of hydrogen-bond donors (Lipinski definition) is 2. The monoisotopic (exact) mass is 601 g/mol. The summed E-state index contributed by atoms with van der Waals surface area (Å²) in [6.45, 7) is 3.63. The van der Waals surface area contributed by atoms with Crippen LogP contribution in [0.25, 0.3) is 0 Å². The van der Waals surface area contributed by atoms with E-state index in [2.05, 4.69) is 27.1 Å². The Hall–Kier alpha value is -2.62. The third-order valence-electron chi connectivity index (χ3n) is 7.40. The van der Waals surface area contributed by atoms with Crippen LogP contribution in [-0.2, 0) is 21.4 Å². The van der Waals surface area contributed by atoms with Crippen LogP contribution in [0.15, 0.2) is 71.6 Å². The zero-order chi connectivity index (χ0) is 28.1. The molecule has 3 aromatic carbocycles. The molecular weight excluding hydrogens is 569 g/mol. The lowest BCUT2D eigenvalue weighted by Crippen LogP contribution is -2.36. The van der Waals surface area contributed by atoms with Gasteiger partial charge in [0.2, 0.25) is 15.9 Å². The molecule has 0 saturated carbocycles. The summed E-state index contributed by atoms with van der Waals surface area (Å²) in [6, 6.07) is 18.4. The van der Waals surface area contributed by atoms with Gasteiger partial charge in [0.05, 0.1) is 33.6 Å². The van der Waals surface area contributed by atoms with Gasteiger partial charge < -0.3 is 10.1 Å². The number of carbonyl (C=O) groups is 1. The number of benzene rings is 3. The largest absolute Gasteiger partial charge is 0.493 e. The van der Waals surface area contributed by atoms with Crippen LogP contribution in [0.3, 0.4) is 0 Å². The minimum absolute atomic E-state index is 0.0260. The van der Waals surface area contributed by atoms with Gasteiger partial charge in [0.15, 0.2) is 0 Å². The first-order valence-corrected chi connectivity index (χ1v) is 15.8. The van der Waals surface area contributed by atoms with Gasteiger partial charge in [0, 0.05) is 24.9 Å². The Kier molecular flexibility index (Phi) is 9.33. The molecule has 7 nitrogen and oxygen atoms in total. The first kappa shape index (κ1) is 28.9. The molecule has 1 saturated heterocycles. The zero-order valence-corrected chi connectivity index (χ0v) is 24.4. The molecule has 10 heteroatoms. The van der Waals surface area contributed by atoms with E-state index in [4.69, 9.17) is 27.9 Å². The van der Waals surface area contributed by atoms with Gasteiger partial charge in [0.25, 0.3) is 0 Å². The molecule has 0 bridgehead atoms. The van der Waals surface area contributed by atoms with E-state index in [-0.39, 0.29) is 33.3 Å². The number of piperidine rings is 1. The predicted octanol–water partition coefficient (Wildman–Crippen LogP) is 6.03. The third-order valence-corrected chi connectivity index (χ3v) is 9.61. The molecule has 1 fully saturated rings. The van der Waals surface area contributed by atoms with Crippen molar-refractivity contribution in [2.24, 2.45) is 0 Å². The topological polar surface area (TPSA) is 87.7 Å². The molecule has 1 amide bonds. The van der Waals surface area contributed by atoms with E-state index in [0.717, 1.165) is 30.9 Å². The average Bonchev–Trinajstić information content (AvgIpc) is 2.95. The number of hydrogen-bond acceptors (Lipinski definition) is 5. The van der Waals surface area contributed by atoms with E-state index in [0.29, 0.717) is 18.6 Å². The maximum absolute atomic E-state index is 13.3. The van der Waals surface area contributed by atoms with E-state index in [1.807, 2.05) is 24.3 Å². The Morgan fingerprint density at radius 2 is 1.75 bits per heavy atom. The number of halogens is 2. The number of likely N-dealkylation sites (tertiary alicyclic amines) is 1. The molecule has 2 aliphatic heterocycles. The van der Waals surface area contributed by atoms with Crippen LogP contribution in [0.5, 0.6) is 5.75 Å². The molecule has 0 aromatic heterocycles. The number of ether oxygens (including phenoxy) is 1. The first-order valence-electron chi connectivity index (χ1n) is 13.6. The van der Waals surface area contributed by atoms with Gasteiger partial charge >= 0.3 is 0 Å². The molecule has 0 spiro atoms. The molecule has 2 aliphatic rings. The highest BCUT2D eigenvalue weighted by atomic mass is 35.5. The van der Waals surface area contributed by atoms with Crippen molar-refractivity contribution in [2.75, 3.05) is 19.7 Å². The van der Waals surface area contributed by atoms with Gasteiger partial charge in [-0.15, -0.1) is 0 Å². The third kappa shape index (κ3) is 7.17. The molecule has 0 radical (unpaired) electrons. The molecule has 2 N–H and O–H groups in total. The standard InChI is InChI=1S/C30H33Cl2N3O4S/c31-25-12-10-23(18-26(25)32)40(37,38)34-28(22-7-3-1-4-8-22)19-30(36)33-27-13-16-39-29-17-21(9-11-24(27)29)20-35-14-5-2-6-15-35/h1,3-4,7-12,17-18,27-28,34H,2,5-6,13-16,19-20H2,(H,33,36)/t27?,28-/m1/s1. The SMILES string of the molecule is O=C(C[C@@H](NS(=O)(=O)c1ccc(Cl)c(Cl)c1)c1ccccc1)NC1CCOc2cc(CN3CCCCC3)ccc21. The second-order valence-corrected chi connectivity index (χ2v) is 12.9. The van der Waals surface area contributed by atoms with Crippen molar-refractivity contribution >= 4 is 39.1 Å². The fraction of sp³-hybridized carbons (Fsp3) is 0.367. The summed E-state index contributed by atoms with van der Waals surface area (Å²) in [5.41, 5.74) is 2.82. The number of amides is 1. The van der Waals surface area contributed by atoms with Crippen molar-refractivity contribution in [3.63, 3.8) is 0 Å². The summed E-state index contributed by atoms with van der Waals surface area (Å²) in [5, 5.41) is 3.51. The smallest absolute Gasteiger partial charge is 0.241 e. The highest BCUT2D eigenvalue weighted by molar-refractivity contribution is 7.89. The molecule has 40 heavy (non-hydrogen) atoms. The molecule has 0 aliphatic carbocycles. The normalized spacial score (nSPS) is 18.4. The Morgan fingerprint density at radius 1 is 0.975 bits per heavy atom. The number of nitrogens with one attached hydrogen (secondary N) is 2. The van der Waals surface area contributed by atoms with Gasteiger partial charge in [-0.2, -0.15) is 0 Å². The summed E-state index contributed by atoms with van der Waals surface area (Å²) in [6.07, 6.45) is 4.33. The minimum atomic E-state index is -3.99. The van der Waals surface area contributed by atoms with E-state index in [1.165, 1.54) is 43.0 Å². The van der Waals surface area contributed by atoms with Gasteiger partial charge in [-0.3, -0.25) is 9.69 Å². The highest BCUT2D eigenvalue weighted by Crippen LogP contribution is 2.34. The molecule has 5 rings (SSSR count). The zero-order valence-electron chi connectivity index (χ0n) is 22.1. The van der Waals surface area contributed by atoms with Crippen LogP contribution < -0.4 is 14.8 Å². The van der Waals surface area contributed by atoms with Crippen molar-refractivity contribution in [3.8, 4) is 5.75 Å². The maximum atomic E-state index is 13.3. The average molecular weight is 603 g/mol. The van der Waals surface area contributed by atoms with Crippen LogP contribution in [0.2, 0.25) is 10.0 Å². The Balaban J connectivity index is 1.29. The lowest BCUT2D eigenvalue weighted by molar-refractivity contribution is -0.122. The number of nitrogens with zero attached hydrogens (tertiary/aromatic N) is 1. The van der Waals surface area contributed by atoms with Crippen molar-refractivity contribution in [1.82, 2.24) is 14.9 Å². The lowest BCUT2D eigenvalue weighted by Gasteiger charge is -2.29. The van der Waals surface area contributed by atoms with Gasteiger partial charge in [-0.05, 0) is 61.3 Å². The Bertz CT molecular complexity index is 1450. The fourth-order valence-electron chi connectivity index (χ4n) is 5.31. The molecular formula is C30H33Cl2N3O4S. The summed E-state index contributed by atoms with van der Waals surface area (Å²) in [7, 11) is -3.99. The van der Waals surface area contributed by atoms with Crippen LogP contribution in [-0.4, -0.2) is 38.9 Å². The summed E-state index contributed by atoms with van der Waals surface area (Å²) >= 11 is 12.0. The van der Waals surface area contributed by atoms with Gasteiger partial charge in [-0.1, -0.05) is 72.1 Å².